The summed E-state index contributed by atoms with van der Waals surface area (Å²) in [6.07, 6.45) is 1.42. The summed E-state index contributed by atoms with van der Waals surface area (Å²) in [7, 11) is 10.0. The fourth-order valence-electron chi connectivity index (χ4n) is 0.0456. The Hall–Kier alpha value is -0.337. The van der Waals surface area contributed by atoms with Crippen LogP contribution >= 0.6 is 19.4 Å². The molecule has 0 fully saturated rings. The summed E-state index contributed by atoms with van der Waals surface area (Å²) in [6.45, 7) is 6.62. The summed E-state index contributed by atoms with van der Waals surface area (Å²) in [5.74, 6) is 0. The molecule has 2 nitrogen and oxygen atoms in total. The van der Waals surface area contributed by atoms with E-state index in [2.05, 4.69) is 13.2 Å². The van der Waals surface area contributed by atoms with Gasteiger partial charge in [-0.2, -0.15) is 5.26 Å². The fraction of sp³-hybridized carbons (Fsp3) is 0. The normalized spacial score (nSPS) is 7.45. The van der Waals surface area contributed by atoms with Gasteiger partial charge in [0.15, 0.2) is 0 Å². The van der Waals surface area contributed by atoms with Crippen molar-refractivity contribution in [3.63, 3.8) is 0 Å². The average Bonchev–Trinajstić information content (AvgIpc) is 2.04. The van der Waals surface area contributed by atoms with E-state index < -0.39 is 14.0 Å². The van der Waals surface area contributed by atoms with Crippen molar-refractivity contribution in [1.82, 2.24) is 0 Å². The number of hydrogen-bond donors (Lipinski definition) is 0. The van der Waals surface area contributed by atoms with Gasteiger partial charge < -0.3 is 0 Å². The van der Waals surface area contributed by atoms with Gasteiger partial charge in [-0.15, -0.1) is 0 Å². The molecule has 5 heteroatoms. The van der Waals surface area contributed by atoms with Crippen LogP contribution in [0.25, 0.3) is 0 Å². The van der Waals surface area contributed by atoms with Gasteiger partial charge in [-0.3, -0.25) is 0 Å². The summed E-state index contributed by atoms with van der Waals surface area (Å²) in [5.41, 5.74) is 0.412. The predicted octanol–water partition coefficient (Wildman–Crippen LogP) is 2.65. The SMILES string of the molecule is C=CC(=C)C#N.N#[C][Ru]([Cl])[Cl]. The molecule has 0 aliphatic carbocycles. The first-order valence-corrected chi connectivity index (χ1v) is 7.54. The number of hydrogen-bond acceptors (Lipinski definition) is 2. The van der Waals surface area contributed by atoms with E-state index in [1.807, 2.05) is 0 Å². The maximum atomic E-state index is 7.91. The first-order valence-electron chi connectivity index (χ1n) is 2.19. The Morgan fingerprint density at radius 2 is 1.82 bits per heavy atom. The van der Waals surface area contributed by atoms with Gasteiger partial charge >= 0.3 is 43.3 Å². The van der Waals surface area contributed by atoms with Gasteiger partial charge in [-0.05, 0) is 0 Å². The molecule has 61 valence electrons. The van der Waals surface area contributed by atoms with Crippen molar-refractivity contribution in [2.24, 2.45) is 0 Å². The van der Waals surface area contributed by atoms with Crippen LogP contribution in [0.4, 0.5) is 0 Å². The molecule has 0 aromatic carbocycles. The molecular weight excluding hydrogens is 272 g/mol. The quantitative estimate of drug-likeness (QED) is 0.420. The number of rotatable bonds is 1. The van der Waals surface area contributed by atoms with Crippen molar-refractivity contribution in [1.29, 1.82) is 10.5 Å². The topological polar surface area (TPSA) is 47.6 Å². The van der Waals surface area contributed by atoms with Gasteiger partial charge in [0.25, 0.3) is 0 Å². The van der Waals surface area contributed by atoms with Gasteiger partial charge in [-0.1, -0.05) is 19.2 Å². The zero-order valence-electron chi connectivity index (χ0n) is 5.50. The van der Waals surface area contributed by atoms with E-state index in [-0.39, 0.29) is 0 Å². The number of nitrogens with zero attached hydrogens (tertiary/aromatic N) is 2. The Morgan fingerprint density at radius 3 is 1.82 bits per heavy atom. The zero-order chi connectivity index (χ0) is 9.28. The third-order valence-electron chi connectivity index (χ3n) is 0.450. The third-order valence-corrected chi connectivity index (χ3v) is 1.45. The fourth-order valence-corrected chi connectivity index (χ4v) is 0.0456. The average molecular weight is 277 g/mol. The zero-order valence-corrected chi connectivity index (χ0v) is 8.75. The molecule has 0 N–H and O–H groups in total. The summed E-state index contributed by atoms with van der Waals surface area (Å²) >= 11 is -1.93. The molecule has 0 bridgehead atoms. The van der Waals surface area contributed by atoms with Crippen LogP contribution in [0.3, 0.4) is 0 Å². The monoisotopic (exact) mass is 277 g/mol. The first-order chi connectivity index (χ1) is 5.08. The molecule has 0 amide bonds. The molecule has 0 radical (unpaired) electrons. The van der Waals surface area contributed by atoms with E-state index in [0.29, 0.717) is 5.57 Å². The molecule has 0 rings (SSSR count). The maximum absolute atomic E-state index is 7.91. The Kier molecular flexibility index (Phi) is 11.7. The molecule has 0 aromatic heterocycles. The molecule has 0 aliphatic rings. The molecule has 0 aliphatic heterocycles. The second kappa shape index (κ2) is 9.66. The second-order valence-corrected chi connectivity index (χ2v) is 6.37. The van der Waals surface area contributed by atoms with E-state index in [1.54, 1.807) is 10.7 Å². The number of allylic oxidation sites excluding steroid dienone is 2. The Balaban J connectivity index is 0. The minimum atomic E-state index is -1.93. The molecular formula is C6H5Cl2N2Ru. The van der Waals surface area contributed by atoms with Crippen molar-refractivity contribution < 1.29 is 14.0 Å². The molecule has 0 spiro atoms. The van der Waals surface area contributed by atoms with Crippen LogP contribution < -0.4 is 0 Å². The van der Waals surface area contributed by atoms with Gasteiger partial charge in [0.1, 0.15) is 0 Å². The molecule has 0 heterocycles. The van der Waals surface area contributed by atoms with E-state index >= 15 is 0 Å². The summed E-state index contributed by atoms with van der Waals surface area (Å²) in [4.78, 5) is 0. The van der Waals surface area contributed by atoms with Gasteiger partial charge in [0, 0.05) is 5.57 Å². The van der Waals surface area contributed by atoms with Crippen molar-refractivity contribution in [2.75, 3.05) is 0 Å². The van der Waals surface area contributed by atoms with E-state index in [1.165, 1.54) is 6.08 Å². The molecule has 0 unspecified atom stereocenters. The van der Waals surface area contributed by atoms with Crippen LogP contribution in [-0.4, -0.2) is 0 Å². The number of nitriles is 2. The third kappa shape index (κ3) is 17.7. The second-order valence-electron chi connectivity index (χ2n) is 1.10. The molecule has 0 atom stereocenters. The summed E-state index contributed by atoms with van der Waals surface area (Å²) in [5, 5.41) is 15.6. The van der Waals surface area contributed by atoms with E-state index in [9.17, 15) is 0 Å². The van der Waals surface area contributed by atoms with Gasteiger partial charge in [-0.25, -0.2) is 0 Å². The van der Waals surface area contributed by atoms with E-state index in [4.69, 9.17) is 29.9 Å². The van der Waals surface area contributed by atoms with Crippen molar-refractivity contribution in [2.45, 2.75) is 0 Å². The van der Waals surface area contributed by atoms with Crippen LogP contribution in [-0.2, 0) is 14.0 Å². The summed E-state index contributed by atoms with van der Waals surface area (Å²) in [6, 6.07) is 1.80. The van der Waals surface area contributed by atoms with Crippen molar-refractivity contribution >= 4 is 19.4 Å². The van der Waals surface area contributed by atoms with Crippen molar-refractivity contribution in [3.8, 4) is 10.7 Å². The predicted molar refractivity (Wildman–Crippen MR) is 42.3 cm³/mol. The summed E-state index contributed by atoms with van der Waals surface area (Å²) < 4.78 is 1.70. The Labute approximate surface area is 79.3 Å². The van der Waals surface area contributed by atoms with Gasteiger partial charge in [0.2, 0.25) is 0 Å². The Bertz CT molecular complexity index is 212. The molecule has 11 heavy (non-hydrogen) atoms. The van der Waals surface area contributed by atoms with E-state index in [0.717, 1.165) is 0 Å². The van der Waals surface area contributed by atoms with Crippen LogP contribution in [0, 0.1) is 21.3 Å². The molecule has 0 aromatic rings. The van der Waals surface area contributed by atoms with Gasteiger partial charge in [0.05, 0.1) is 6.07 Å². The minimum absolute atomic E-state index is 0.412. The Morgan fingerprint density at radius 1 is 1.45 bits per heavy atom. The van der Waals surface area contributed by atoms with Crippen molar-refractivity contribution in [3.05, 3.63) is 24.8 Å². The first kappa shape index (κ1) is 13.3. The molecule has 0 saturated heterocycles. The molecule has 0 saturated carbocycles. The van der Waals surface area contributed by atoms with Crippen LogP contribution in [0.1, 0.15) is 0 Å². The number of halogens is 2. The van der Waals surface area contributed by atoms with Crippen LogP contribution in [0.5, 0.6) is 0 Å². The standard InChI is InChI=1S/C5H5N.CN.2ClH.Ru/c1-3-5(2)4-6;1-2;;;/h3H,1-2H2;;2*1H;/q;;;;+2/p-2. The van der Waals surface area contributed by atoms with Crippen LogP contribution in [0.2, 0.25) is 0 Å². The van der Waals surface area contributed by atoms with Crippen LogP contribution in [0.15, 0.2) is 24.8 Å².